The highest BCUT2D eigenvalue weighted by Crippen LogP contribution is 2.30. The minimum atomic E-state index is -0.234. The van der Waals surface area contributed by atoms with Crippen LogP contribution in [0.4, 0.5) is 0 Å². The summed E-state index contributed by atoms with van der Waals surface area (Å²) in [7, 11) is 0. The van der Waals surface area contributed by atoms with Crippen LogP contribution < -0.4 is 5.73 Å². The minimum absolute atomic E-state index is 0. The summed E-state index contributed by atoms with van der Waals surface area (Å²) in [6, 6.07) is 18.6. The average molecular weight is 359 g/mol. The summed E-state index contributed by atoms with van der Waals surface area (Å²) in [5, 5.41) is 0. The van der Waals surface area contributed by atoms with Gasteiger partial charge >= 0.3 is 0 Å². The standard InChI is InChI=1S/C21H26N2O.ClH/c1-2-16-8-10-17(11-9-16)15-23(19-12-13-19)21(24)14-20(22)18-6-4-3-5-7-18;/h3-11,19-20H,2,12-15,22H2,1H3;1H. The predicted octanol–water partition coefficient (Wildman–Crippen LogP) is 4.25. The lowest BCUT2D eigenvalue weighted by Gasteiger charge is -2.24. The van der Waals surface area contributed by atoms with Gasteiger partial charge in [0.2, 0.25) is 5.91 Å². The molecule has 2 aromatic rings. The van der Waals surface area contributed by atoms with Crippen molar-refractivity contribution in [1.82, 2.24) is 4.90 Å². The number of hydrogen-bond acceptors (Lipinski definition) is 2. The summed E-state index contributed by atoms with van der Waals surface area (Å²) < 4.78 is 0. The van der Waals surface area contributed by atoms with Crippen molar-refractivity contribution in [1.29, 1.82) is 0 Å². The quantitative estimate of drug-likeness (QED) is 0.804. The van der Waals surface area contributed by atoms with E-state index in [0.717, 1.165) is 24.8 Å². The van der Waals surface area contributed by atoms with E-state index in [-0.39, 0.29) is 24.4 Å². The first-order chi connectivity index (χ1) is 11.7. The molecule has 2 aromatic carbocycles. The fraction of sp³-hybridized carbons (Fsp3) is 0.381. The van der Waals surface area contributed by atoms with E-state index < -0.39 is 0 Å². The molecule has 4 heteroatoms. The van der Waals surface area contributed by atoms with E-state index in [2.05, 4.69) is 31.2 Å². The predicted molar refractivity (Wildman–Crippen MR) is 105 cm³/mol. The first-order valence-corrected chi connectivity index (χ1v) is 8.85. The number of hydrogen-bond donors (Lipinski definition) is 1. The summed E-state index contributed by atoms with van der Waals surface area (Å²) in [5.41, 5.74) is 9.78. The van der Waals surface area contributed by atoms with Crippen LogP contribution in [0.3, 0.4) is 0 Å². The van der Waals surface area contributed by atoms with Gasteiger partial charge in [-0.2, -0.15) is 0 Å². The van der Waals surface area contributed by atoms with Gasteiger partial charge in [-0.1, -0.05) is 61.5 Å². The highest BCUT2D eigenvalue weighted by molar-refractivity contribution is 5.85. The molecule has 2 N–H and O–H groups in total. The number of aryl methyl sites for hydroxylation is 1. The van der Waals surface area contributed by atoms with Gasteiger partial charge in [0.1, 0.15) is 0 Å². The highest BCUT2D eigenvalue weighted by atomic mass is 35.5. The summed E-state index contributed by atoms with van der Waals surface area (Å²) in [4.78, 5) is 14.8. The lowest BCUT2D eigenvalue weighted by molar-refractivity contribution is -0.132. The maximum Gasteiger partial charge on any atom is 0.225 e. The van der Waals surface area contributed by atoms with Gasteiger partial charge in [-0.25, -0.2) is 0 Å². The van der Waals surface area contributed by atoms with Crippen molar-refractivity contribution in [2.75, 3.05) is 0 Å². The molecule has 134 valence electrons. The first-order valence-electron chi connectivity index (χ1n) is 8.85. The smallest absolute Gasteiger partial charge is 0.225 e. The highest BCUT2D eigenvalue weighted by Gasteiger charge is 2.33. The Labute approximate surface area is 156 Å². The maximum absolute atomic E-state index is 12.8. The molecule has 0 radical (unpaired) electrons. The Bertz CT molecular complexity index is 668. The molecular formula is C21H27ClN2O. The van der Waals surface area contributed by atoms with Crippen LogP contribution in [0.5, 0.6) is 0 Å². The lowest BCUT2D eigenvalue weighted by Crippen LogP contribution is -2.34. The maximum atomic E-state index is 12.8. The second kappa shape index (κ2) is 9.02. The van der Waals surface area contributed by atoms with E-state index >= 15 is 0 Å². The molecule has 0 saturated heterocycles. The Balaban J connectivity index is 0.00000225. The first kappa shape index (κ1) is 19.5. The van der Waals surface area contributed by atoms with Crippen LogP contribution >= 0.6 is 12.4 Å². The van der Waals surface area contributed by atoms with Crippen LogP contribution in [-0.2, 0) is 17.8 Å². The number of carbonyl (C=O) groups is 1. The third-order valence-corrected chi connectivity index (χ3v) is 4.71. The molecule has 1 saturated carbocycles. The monoisotopic (exact) mass is 358 g/mol. The van der Waals surface area contributed by atoms with Crippen LogP contribution in [0, 0.1) is 0 Å². The molecule has 0 aliphatic heterocycles. The van der Waals surface area contributed by atoms with E-state index in [4.69, 9.17) is 5.73 Å². The van der Waals surface area contributed by atoms with Gasteiger partial charge in [-0.15, -0.1) is 12.4 Å². The normalized spacial score (nSPS) is 14.5. The van der Waals surface area contributed by atoms with Crippen LogP contribution in [0.15, 0.2) is 54.6 Å². The molecule has 1 amide bonds. The molecule has 3 rings (SSSR count). The Morgan fingerprint density at radius 1 is 1.08 bits per heavy atom. The Morgan fingerprint density at radius 2 is 1.68 bits per heavy atom. The van der Waals surface area contributed by atoms with Gasteiger partial charge in [0.25, 0.3) is 0 Å². The fourth-order valence-electron chi connectivity index (χ4n) is 3.01. The van der Waals surface area contributed by atoms with Crippen molar-refractivity contribution in [3.8, 4) is 0 Å². The van der Waals surface area contributed by atoms with Gasteiger partial charge in [0, 0.05) is 25.0 Å². The van der Waals surface area contributed by atoms with Crippen LogP contribution in [-0.4, -0.2) is 16.8 Å². The van der Waals surface area contributed by atoms with Gasteiger partial charge in [0.05, 0.1) is 0 Å². The molecule has 1 fully saturated rings. The zero-order chi connectivity index (χ0) is 16.9. The van der Waals surface area contributed by atoms with E-state index in [1.54, 1.807) is 0 Å². The second-order valence-electron chi connectivity index (χ2n) is 6.64. The zero-order valence-corrected chi connectivity index (χ0v) is 15.5. The van der Waals surface area contributed by atoms with Crippen molar-refractivity contribution in [3.05, 3.63) is 71.3 Å². The van der Waals surface area contributed by atoms with Crippen LogP contribution in [0.25, 0.3) is 0 Å². The Morgan fingerprint density at radius 3 is 2.24 bits per heavy atom. The van der Waals surface area contributed by atoms with Gasteiger partial charge in [0.15, 0.2) is 0 Å². The van der Waals surface area contributed by atoms with E-state index in [9.17, 15) is 4.79 Å². The number of halogens is 1. The third-order valence-electron chi connectivity index (χ3n) is 4.71. The number of benzene rings is 2. The fourth-order valence-corrected chi connectivity index (χ4v) is 3.01. The number of nitrogens with two attached hydrogens (primary N) is 1. The average Bonchev–Trinajstić information content (AvgIpc) is 3.45. The number of nitrogens with zero attached hydrogens (tertiary/aromatic N) is 1. The summed E-state index contributed by atoms with van der Waals surface area (Å²) in [6.45, 7) is 2.84. The number of rotatable bonds is 7. The summed E-state index contributed by atoms with van der Waals surface area (Å²) >= 11 is 0. The number of carbonyl (C=O) groups excluding carboxylic acids is 1. The third kappa shape index (κ3) is 5.32. The van der Waals surface area contributed by atoms with Crippen molar-refractivity contribution in [2.24, 2.45) is 5.73 Å². The van der Waals surface area contributed by atoms with Gasteiger partial charge in [-0.05, 0) is 36.0 Å². The van der Waals surface area contributed by atoms with Crippen molar-refractivity contribution >= 4 is 18.3 Å². The topological polar surface area (TPSA) is 46.3 Å². The Hall–Kier alpha value is -1.84. The van der Waals surface area contributed by atoms with Crippen molar-refractivity contribution in [3.63, 3.8) is 0 Å². The molecule has 0 heterocycles. The summed E-state index contributed by atoms with van der Waals surface area (Å²) in [5.74, 6) is 0.161. The minimum Gasteiger partial charge on any atom is -0.335 e. The molecule has 1 unspecified atom stereocenters. The van der Waals surface area contributed by atoms with E-state index in [1.807, 2.05) is 35.2 Å². The molecule has 0 spiro atoms. The van der Waals surface area contributed by atoms with Gasteiger partial charge in [-0.3, -0.25) is 4.79 Å². The molecule has 1 aliphatic carbocycles. The zero-order valence-electron chi connectivity index (χ0n) is 14.7. The van der Waals surface area contributed by atoms with Crippen molar-refractivity contribution < 1.29 is 4.79 Å². The molecule has 0 aromatic heterocycles. The second-order valence-corrected chi connectivity index (χ2v) is 6.64. The molecule has 1 atom stereocenters. The molecular weight excluding hydrogens is 332 g/mol. The van der Waals surface area contributed by atoms with E-state index in [0.29, 0.717) is 19.0 Å². The Kier molecular flexibility index (Phi) is 7.03. The summed E-state index contributed by atoms with van der Waals surface area (Å²) in [6.07, 6.45) is 3.63. The molecule has 1 aliphatic rings. The molecule has 3 nitrogen and oxygen atoms in total. The van der Waals surface area contributed by atoms with Crippen molar-refractivity contribution in [2.45, 2.75) is 51.2 Å². The largest absolute Gasteiger partial charge is 0.335 e. The van der Waals surface area contributed by atoms with Gasteiger partial charge < -0.3 is 10.6 Å². The number of amides is 1. The van der Waals surface area contributed by atoms with Crippen LogP contribution in [0.1, 0.15) is 48.9 Å². The SMILES string of the molecule is CCc1ccc(CN(C(=O)CC(N)c2ccccc2)C2CC2)cc1.Cl. The molecule has 25 heavy (non-hydrogen) atoms. The molecule has 0 bridgehead atoms. The lowest BCUT2D eigenvalue weighted by atomic mass is 10.0. The van der Waals surface area contributed by atoms with Crippen LogP contribution in [0.2, 0.25) is 0 Å². The van der Waals surface area contributed by atoms with E-state index in [1.165, 1.54) is 11.1 Å².